The minimum absolute atomic E-state index is 0.137. The molecule has 3 aromatic carbocycles. The van der Waals surface area contributed by atoms with Crippen LogP contribution in [-0.2, 0) is 11.2 Å². The summed E-state index contributed by atoms with van der Waals surface area (Å²) in [4.78, 5) is 14.1. The first-order valence-corrected chi connectivity index (χ1v) is 9.93. The Kier molecular flexibility index (Phi) is 5.77. The van der Waals surface area contributed by atoms with E-state index in [0.717, 1.165) is 11.6 Å². The lowest BCUT2D eigenvalue weighted by atomic mass is 9.92. The number of aliphatic hydroxyl groups excluding tert-OH is 1. The van der Waals surface area contributed by atoms with Crippen LogP contribution in [0, 0.1) is 5.82 Å². The molecule has 0 radical (unpaired) electrons. The van der Waals surface area contributed by atoms with Gasteiger partial charge in [0.2, 0.25) is 0 Å². The Balaban J connectivity index is 1.68. The van der Waals surface area contributed by atoms with Crippen molar-refractivity contribution in [2.75, 3.05) is 4.90 Å². The Morgan fingerprint density at radius 2 is 1.71 bits per heavy atom. The number of carbonyl (C=O) groups excluding carboxylic acids is 1. The second-order valence-corrected chi connectivity index (χ2v) is 7.48. The average molecular weight is 423 g/mol. The summed E-state index contributed by atoms with van der Waals surface area (Å²) in [6.45, 7) is 0. The molecule has 0 unspecified atom stereocenters. The first-order chi connectivity index (χ1) is 14.9. The van der Waals surface area contributed by atoms with E-state index in [4.69, 9.17) is 4.74 Å². The molecule has 160 valence electrons. The third kappa shape index (κ3) is 4.32. The highest BCUT2D eigenvalue weighted by Gasteiger charge is 2.48. The van der Waals surface area contributed by atoms with Crippen LogP contribution < -0.4 is 4.90 Å². The van der Waals surface area contributed by atoms with Crippen LogP contribution in [0.25, 0.3) is 0 Å². The van der Waals surface area contributed by atoms with E-state index < -0.39 is 30.2 Å². The number of amides is 1. The second kappa shape index (κ2) is 8.65. The zero-order valence-electron chi connectivity index (χ0n) is 16.6. The molecular formula is C24H22FNO5. The van der Waals surface area contributed by atoms with Gasteiger partial charge in [-0.1, -0.05) is 30.3 Å². The van der Waals surface area contributed by atoms with Gasteiger partial charge < -0.3 is 20.1 Å². The molecule has 1 amide bonds. The molecule has 1 aliphatic heterocycles. The molecule has 6 nitrogen and oxygen atoms in total. The summed E-state index contributed by atoms with van der Waals surface area (Å²) < 4.78 is 19.0. The standard InChI is InChI=1S/C24H22FNO5/c25-16-7-9-17(10-8-16)26-22(20(28)13-6-15-4-2-1-3-5-15)23(31-24(26)30)19-12-11-18(27)14-21(19)29/h1-5,7-12,14,20,22-23,27-29H,6,13H2/t20-,22-,23+/m1/s1. The van der Waals surface area contributed by atoms with Crippen molar-refractivity contribution in [1.29, 1.82) is 0 Å². The number of aromatic hydroxyl groups is 2. The number of phenolic OH excluding ortho intramolecular Hbond substituents is 2. The van der Waals surface area contributed by atoms with Crippen LogP contribution in [0.1, 0.15) is 23.7 Å². The number of carbonyl (C=O) groups is 1. The zero-order chi connectivity index (χ0) is 22.0. The number of hydrogen-bond donors (Lipinski definition) is 3. The first-order valence-electron chi connectivity index (χ1n) is 9.93. The van der Waals surface area contributed by atoms with Gasteiger partial charge >= 0.3 is 6.09 Å². The van der Waals surface area contributed by atoms with Crippen molar-refractivity contribution in [3.63, 3.8) is 0 Å². The maximum atomic E-state index is 13.4. The minimum Gasteiger partial charge on any atom is -0.508 e. The van der Waals surface area contributed by atoms with Gasteiger partial charge in [-0.2, -0.15) is 0 Å². The fourth-order valence-corrected chi connectivity index (χ4v) is 3.90. The van der Waals surface area contributed by atoms with Crippen molar-refractivity contribution in [3.05, 3.63) is 89.7 Å². The van der Waals surface area contributed by atoms with Gasteiger partial charge in [0.05, 0.1) is 6.10 Å². The van der Waals surface area contributed by atoms with Crippen LogP contribution in [0.2, 0.25) is 0 Å². The maximum Gasteiger partial charge on any atom is 0.415 e. The molecule has 3 aromatic rings. The van der Waals surface area contributed by atoms with E-state index in [9.17, 15) is 24.5 Å². The molecule has 1 heterocycles. The van der Waals surface area contributed by atoms with Crippen LogP contribution in [-0.4, -0.2) is 33.6 Å². The number of nitrogens with zero attached hydrogens (tertiary/aromatic N) is 1. The number of aryl methyl sites for hydroxylation is 1. The summed E-state index contributed by atoms with van der Waals surface area (Å²) >= 11 is 0. The molecule has 3 N–H and O–H groups in total. The van der Waals surface area contributed by atoms with Crippen LogP contribution >= 0.6 is 0 Å². The number of aliphatic hydroxyl groups is 1. The first kappa shape index (κ1) is 20.7. The largest absolute Gasteiger partial charge is 0.508 e. The highest BCUT2D eigenvalue weighted by atomic mass is 19.1. The molecule has 3 atom stereocenters. The van der Waals surface area contributed by atoms with Crippen LogP contribution in [0.4, 0.5) is 14.9 Å². The SMILES string of the molecule is O=C1O[C@@H](c2ccc(O)cc2O)[C@@H]([C@H](O)CCc2ccccc2)N1c1ccc(F)cc1. The molecule has 31 heavy (non-hydrogen) atoms. The number of hydrogen-bond acceptors (Lipinski definition) is 5. The number of phenols is 2. The number of anilines is 1. The minimum atomic E-state index is -1.00. The van der Waals surface area contributed by atoms with Crippen molar-refractivity contribution in [3.8, 4) is 11.5 Å². The second-order valence-electron chi connectivity index (χ2n) is 7.48. The number of cyclic esters (lactones) is 1. The summed E-state index contributed by atoms with van der Waals surface area (Å²) in [5, 5.41) is 31.1. The van der Waals surface area contributed by atoms with E-state index in [1.165, 1.54) is 41.3 Å². The lowest BCUT2D eigenvalue weighted by Gasteiger charge is -2.29. The summed E-state index contributed by atoms with van der Waals surface area (Å²) in [7, 11) is 0. The van der Waals surface area contributed by atoms with E-state index in [0.29, 0.717) is 18.5 Å². The molecule has 0 bridgehead atoms. The van der Waals surface area contributed by atoms with Gasteiger partial charge in [0, 0.05) is 17.3 Å². The third-order valence-corrected chi connectivity index (χ3v) is 5.42. The summed E-state index contributed by atoms with van der Waals surface area (Å²) in [5.74, 6) is -0.841. The van der Waals surface area contributed by atoms with Gasteiger partial charge in [0.15, 0.2) is 6.10 Å². The molecule has 4 rings (SSSR count). The highest BCUT2D eigenvalue weighted by molar-refractivity contribution is 5.91. The normalized spacial score (nSPS) is 19.3. The number of halogens is 1. The van der Waals surface area contributed by atoms with E-state index in [1.807, 2.05) is 30.3 Å². The predicted molar refractivity (Wildman–Crippen MR) is 112 cm³/mol. The topological polar surface area (TPSA) is 90.2 Å². The predicted octanol–water partition coefficient (Wildman–Crippen LogP) is 4.30. The van der Waals surface area contributed by atoms with Gasteiger partial charge in [-0.25, -0.2) is 9.18 Å². The fraction of sp³-hybridized carbons (Fsp3) is 0.208. The van der Waals surface area contributed by atoms with Crippen molar-refractivity contribution in [2.24, 2.45) is 0 Å². The molecule has 0 saturated carbocycles. The molecule has 1 fully saturated rings. The molecular weight excluding hydrogens is 401 g/mol. The highest BCUT2D eigenvalue weighted by Crippen LogP contribution is 2.42. The van der Waals surface area contributed by atoms with E-state index in [2.05, 4.69) is 0 Å². The molecule has 1 aliphatic rings. The molecule has 1 saturated heterocycles. The summed E-state index contributed by atoms with van der Waals surface area (Å²) in [5.41, 5.74) is 1.67. The van der Waals surface area contributed by atoms with E-state index in [-0.39, 0.29) is 17.1 Å². The van der Waals surface area contributed by atoms with Crippen LogP contribution in [0.15, 0.2) is 72.8 Å². The quantitative estimate of drug-likeness (QED) is 0.550. The number of benzene rings is 3. The number of rotatable bonds is 6. The fourth-order valence-electron chi connectivity index (χ4n) is 3.90. The Morgan fingerprint density at radius 1 is 1.00 bits per heavy atom. The van der Waals surface area contributed by atoms with Gasteiger partial charge in [0.1, 0.15) is 23.4 Å². The third-order valence-electron chi connectivity index (χ3n) is 5.42. The van der Waals surface area contributed by atoms with Gasteiger partial charge in [-0.05, 0) is 54.8 Å². The molecule has 0 aromatic heterocycles. The number of ether oxygens (including phenoxy) is 1. The van der Waals surface area contributed by atoms with E-state index in [1.54, 1.807) is 0 Å². The Labute approximate surface area is 178 Å². The van der Waals surface area contributed by atoms with E-state index >= 15 is 0 Å². The Hall–Kier alpha value is -3.58. The van der Waals surface area contributed by atoms with Crippen molar-refractivity contribution < 1.29 is 29.2 Å². The Morgan fingerprint density at radius 3 is 2.39 bits per heavy atom. The lowest BCUT2D eigenvalue weighted by molar-refractivity contribution is 0.0751. The van der Waals surface area contributed by atoms with Gasteiger partial charge in [0.25, 0.3) is 0 Å². The van der Waals surface area contributed by atoms with Crippen LogP contribution in [0.3, 0.4) is 0 Å². The van der Waals surface area contributed by atoms with Gasteiger partial charge in [-0.3, -0.25) is 4.90 Å². The summed E-state index contributed by atoms with van der Waals surface area (Å²) in [6, 6.07) is 18.1. The molecule has 0 aliphatic carbocycles. The lowest BCUT2D eigenvalue weighted by Crippen LogP contribution is -2.43. The maximum absolute atomic E-state index is 13.4. The van der Waals surface area contributed by atoms with Crippen LogP contribution in [0.5, 0.6) is 11.5 Å². The zero-order valence-corrected chi connectivity index (χ0v) is 16.6. The Bertz CT molecular complexity index is 1060. The molecule has 0 spiro atoms. The van der Waals surface area contributed by atoms with Crippen molar-refractivity contribution >= 4 is 11.8 Å². The van der Waals surface area contributed by atoms with Crippen molar-refractivity contribution in [1.82, 2.24) is 0 Å². The monoisotopic (exact) mass is 423 g/mol. The van der Waals surface area contributed by atoms with Gasteiger partial charge in [-0.15, -0.1) is 0 Å². The summed E-state index contributed by atoms with van der Waals surface area (Å²) in [6.07, 6.45) is -1.80. The average Bonchev–Trinajstić information content (AvgIpc) is 3.10. The molecule has 7 heteroatoms. The smallest absolute Gasteiger partial charge is 0.415 e. The van der Waals surface area contributed by atoms with Crippen molar-refractivity contribution in [2.45, 2.75) is 31.1 Å².